The summed E-state index contributed by atoms with van der Waals surface area (Å²) in [6.07, 6.45) is 1.87. The zero-order valence-corrected chi connectivity index (χ0v) is 14.7. The summed E-state index contributed by atoms with van der Waals surface area (Å²) >= 11 is 0. The third kappa shape index (κ3) is 2.23. The Labute approximate surface area is 138 Å². The van der Waals surface area contributed by atoms with E-state index < -0.39 is 11.0 Å². The van der Waals surface area contributed by atoms with E-state index in [-0.39, 0.29) is 35.8 Å². The maximum atomic E-state index is 13.1. The zero-order chi connectivity index (χ0) is 17.0. The molecule has 4 atom stereocenters. The van der Waals surface area contributed by atoms with Crippen LogP contribution in [0.4, 0.5) is 0 Å². The third-order valence-corrected chi connectivity index (χ3v) is 5.39. The van der Waals surface area contributed by atoms with Gasteiger partial charge in [-0.1, -0.05) is 0 Å². The Morgan fingerprint density at radius 2 is 1.87 bits per heavy atom. The van der Waals surface area contributed by atoms with Gasteiger partial charge in [0.05, 0.1) is 23.7 Å². The molecular formula is C18H28O5. The van der Waals surface area contributed by atoms with Crippen LogP contribution in [0.3, 0.4) is 0 Å². The number of ether oxygens (including phenoxy) is 3. The molecule has 0 aromatic rings. The largest absolute Gasteiger partial charge is 0.488 e. The Hall–Kier alpha value is -1.07. The molecule has 0 bridgehead atoms. The molecule has 3 aliphatic rings. The Bertz CT molecular complexity index is 538. The van der Waals surface area contributed by atoms with Crippen LogP contribution in [0.2, 0.25) is 0 Å². The molecule has 0 aromatic carbocycles. The van der Waals surface area contributed by atoms with Crippen molar-refractivity contribution in [2.45, 2.75) is 77.8 Å². The lowest BCUT2D eigenvalue weighted by Gasteiger charge is -2.39. The van der Waals surface area contributed by atoms with E-state index in [4.69, 9.17) is 14.2 Å². The standard InChI is InChI=1S/C18H28O5/c1-10(2)22-14-15(19)17(5)9-13-12(7-6-8-21-13)18(17,20)16(14)23-11(3)4/h10-13,20H,6-9H2,1-5H3/t12-,13-,17-,18-/m1/s1. The van der Waals surface area contributed by atoms with Crippen molar-refractivity contribution in [2.24, 2.45) is 11.3 Å². The van der Waals surface area contributed by atoms with E-state index >= 15 is 0 Å². The monoisotopic (exact) mass is 324 g/mol. The molecule has 1 saturated carbocycles. The molecule has 1 N–H and O–H groups in total. The van der Waals surface area contributed by atoms with E-state index in [1.165, 1.54) is 0 Å². The van der Waals surface area contributed by atoms with Crippen molar-refractivity contribution in [3.05, 3.63) is 11.5 Å². The van der Waals surface area contributed by atoms with Crippen LogP contribution in [0.1, 0.15) is 53.9 Å². The highest BCUT2D eigenvalue weighted by molar-refractivity contribution is 6.03. The summed E-state index contributed by atoms with van der Waals surface area (Å²) in [5, 5.41) is 11.7. The smallest absolute Gasteiger partial charge is 0.210 e. The number of carbonyl (C=O) groups excluding carboxylic acids is 1. The summed E-state index contributed by atoms with van der Waals surface area (Å²) < 4.78 is 17.6. The Morgan fingerprint density at radius 1 is 1.22 bits per heavy atom. The molecule has 130 valence electrons. The Kier molecular flexibility index (Phi) is 4.00. The van der Waals surface area contributed by atoms with Crippen molar-refractivity contribution >= 4 is 5.78 Å². The minimum Gasteiger partial charge on any atom is -0.488 e. The van der Waals surface area contributed by atoms with Gasteiger partial charge in [-0.2, -0.15) is 0 Å². The average Bonchev–Trinajstić information content (AvgIpc) is 2.78. The summed E-state index contributed by atoms with van der Waals surface area (Å²) in [6, 6.07) is 0. The van der Waals surface area contributed by atoms with Crippen molar-refractivity contribution < 1.29 is 24.1 Å². The van der Waals surface area contributed by atoms with Gasteiger partial charge < -0.3 is 19.3 Å². The van der Waals surface area contributed by atoms with Gasteiger partial charge in [0.25, 0.3) is 0 Å². The lowest BCUT2D eigenvalue weighted by Crippen LogP contribution is -2.49. The van der Waals surface area contributed by atoms with Gasteiger partial charge in [0.1, 0.15) is 5.60 Å². The van der Waals surface area contributed by atoms with E-state index in [1.54, 1.807) is 0 Å². The van der Waals surface area contributed by atoms with E-state index in [0.29, 0.717) is 18.8 Å². The van der Waals surface area contributed by atoms with E-state index in [0.717, 1.165) is 12.8 Å². The van der Waals surface area contributed by atoms with Crippen molar-refractivity contribution in [1.29, 1.82) is 0 Å². The molecule has 0 aromatic heterocycles. The number of aliphatic hydroxyl groups is 1. The van der Waals surface area contributed by atoms with Crippen LogP contribution < -0.4 is 0 Å². The number of fused-ring (bicyclic) bond motifs is 3. The lowest BCUT2D eigenvalue weighted by atomic mass is 9.72. The zero-order valence-electron chi connectivity index (χ0n) is 14.7. The average molecular weight is 324 g/mol. The number of hydrogen-bond acceptors (Lipinski definition) is 5. The van der Waals surface area contributed by atoms with Crippen LogP contribution in [-0.4, -0.2) is 41.4 Å². The van der Waals surface area contributed by atoms with Crippen molar-refractivity contribution in [3.63, 3.8) is 0 Å². The van der Waals surface area contributed by atoms with Gasteiger partial charge in [-0.15, -0.1) is 0 Å². The van der Waals surface area contributed by atoms with Crippen LogP contribution in [0, 0.1) is 11.3 Å². The van der Waals surface area contributed by atoms with E-state index in [9.17, 15) is 9.90 Å². The molecule has 0 spiro atoms. The second-order valence-electron chi connectivity index (χ2n) is 7.78. The molecule has 5 heteroatoms. The molecule has 5 nitrogen and oxygen atoms in total. The highest BCUT2D eigenvalue weighted by atomic mass is 16.5. The second kappa shape index (κ2) is 5.49. The maximum Gasteiger partial charge on any atom is 0.210 e. The van der Waals surface area contributed by atoms with E-state index in [1.807, 2.05) is 34.6 Å². The number of Topliss-reactive ketones (excluding diaryl/α,β-unsaturated/α-hetero) is 1. The number of hydrogen-bond donors (Lipinski definition) is 1. The van der Waals surface area contributed by atoms with Gasteiger partial charge in [0, 0.05) is 12.5 Å². The summed E-state index contributed by atoms with van der Waals surface area (Å²) in [7, 11) is 0. The van der Waals surface area contributed by atoms with Crippen molar-refractivity contribution in [3.8, 4) is 0 Å². The molecule has 23 heavy (non-hydrogen) atoms. The molecule has 2 fully saturated rings. The fourth-order valence-corrected chi connectivity index (χ4v) is 4.42. The first-order valence-electron chi connectivity index (χ1n) is 8.68. The van der Waals surface area contributed by atoms with Crippen LogP contribution in [-0.2, 0) is 19.0 Å². The first-order valence-corrected chi connectivity index (χ1v) is 8.68. The molecular weight excluding hydrogens is 296 g/mol. The van der Waals surface area contributed by atoms with Crippen LogP contribution in [0.25, 0.3) is 0 Å². The number of rotatable bonds is 4. The summed E-state index contributed by atoms with van der Waals surface area (Å²) in [5.74, 6) is 0.268. The predicted molar refractivity (Wildman–Crippen MR) is 84.6 cm³/mol. The van der Waals surface area contributed by atoms with Gasteiger partial charge in [-0.05, 0) is 53.9 Å². The molecule has 3 rings (SSSR count). The predicted octanol–water partition coefficient (Wildman–Crippen LogP) is 2.57. The maximum absolute atomic E-state index is 13.1. The quantitative estimate of drug-likeness (QED) is 0.861. The molecule has 1 saturated heterocycles. The fraction of sp³-hybridized carbons (Fsp3) is 0.833. The van der Waals surface area contributed by atoms with Crippen molar-refractivity contribution in [1.82, 2.24) is 0 Å². The molecule has 1 heterocycles. The van der Waals surface area contributed by atoms with Gasteiger partial charge in [0.15, 0.2) is 5.76 Å². The number of allylic oxidation sites excluding steroid dienone is 1. The Morgan fingerprint density at radius 3 is 2.48 bits per heavy atom. The Balaban J connectivity index is 2.10. The normalized spacial score (nSPS) is 39.9. The molecule has 0 radical (unpaired) electrons. The first-order chi connectivity index (χ1) is 10.7. The highest BCUT2D eigenvalue weighted by Gasteiger charge is 2.73. The lowest BCUT2D eigenvalue weighted by molar-refractivity contribution is -0.140. The van der Waals surface area contributed by atoms with Crippen LogP contribution in [0.5, 0.6) is 0 Å². The first kappa shape index (κ1) is 16.8. The molecule has 1 aliphatic heterocycles. The number of ketones is 1. The molecule has 0 amide bonds. The minimum atomic E-state index is -1.33. The summed E-state index contributed by atoms with van der Waals surface area (Å²) in [6.45, 7) is 10.1. The van der Waals surface area contributed by atoms with Crippen LogP contribution in [0.15, 0.2) is 11.5 Å². The van der Waals surface area contributed by atoms with E-state index in [2.05, 4.69) is 0 Å². The summed E-state index contributed by atoms with van der Waals surface area (Å²) in [5.41, 5.74) is -2.26. The fourth-order valence-electron chi connectivity index (χ4n) is 4.42. The summed E-state index contributed by atoms with van der Waals surface area (Å²) in [4.78, 5) is 13.1. The van der Waals surface area contributed by atoms with Gasteiger partial charge in [-0.3, -0.25) is 4.79 Å². The van der Waals surface area contributed by atoms with Gasteiger partial charge in [0.2, 0.25) is 11.5 Å². The van der Waals surface area contributed by atoms with Crippen LogP contribution >= 0.6 is 0 Å². The second-order valence-corrected chi connectivity index (χ2v) is 7.78. The highest BCUT2D eigenvalue weighted by Crippen LogP contribution is 2.62. The van der Waals surface area contributed by atoms with Gasteiger partial charge in [-0.25, -0.2) is 0 Å². The van der Waals surface area contributed by atoms with Crippen molar-refractivity contribution in [2.75, 3.05) is 6.61 Å². The molecule has 0 unspecified atom stereocenters. The minimum absolute atomic E-state index is 0.0888. The molecule has 2 aliphatic carbocycles. The third-order valence-electron chi connectivity index (χ3n) is 5.39. The number of carbonyl (C=O) groups is 1. The SMILES string of the molecule is CC(C)OC1=C(OC(C)C)[C@]2(O)[C@@H]3CCCO[C@@H]3C[C@]2(C)C1=O. The topological polar surface area (TPSA) is 65.0 Å². The van der Waals surface area contributed by atoms with Gasteiger partial charge >= 0.3 is 0 Å².